The topological polar surface area (TPSA) is 83.4 Å². The molecule has 0 amide bonds. The van der Waals surface area contributed by atoms with Crippen molar-refractivity contribution in [2.75, 3.05) is 5.73 Å². The lowest BCUT2D eigenvalue weighted by atomic mass is 10.1. The minimum atomic E-state index is 0.482. The van der Waals surface area contributed by atoms with Crippen LogP contribution in [0.25, 0.3) is 33.3 Å². The molecule has 0 fully saturated rings. The Morgan fingerprint density at radius 2 is 1.95 bits per heavy atom. The number of imidazole rings is 1. The number of aryl methyl sites for hydroxylation is 1. The molecule has 4 aromatic rings. The second kappa shape index (κ2) is 4.87. The van der Waals surface area contributed by atoms with Gasteiger partial charge in [0.15, 0.2) is 5.65 Å². The van der Waals surface area contributed by atoms with Crippen LogP contribution in [0.5, 0.6) is 0 Å². The van der Waals surface area contributed by atoms with Gasteiger partial charge in [0.05, 0.1) is 5.52 Å². The Balaban J connectivity index is 1.96. The van der Waals surface area contributed by atoms with Crippen LogP contribution in [0.15, 0.2) is 36.4 Å². The normalized spacial score (nSPS) is 11.5. The number of rotatable bonds is 3. The molecule has 5 nitrogen and oxygen atoms in total. The number of para-hydroxylation sites is 1. The van der Waals surface area contributed by atoms with Crippen molar-refractivity contribution in [3.63, 3.8) is 0 Å². The van der Waals surface area contributed by atoms with Crippen molar-refractivity contribution in [3.05, 3.63) is 42.2 Å². The van der Waals surface area contributed by atoms with Gasteiger partial charge in [0.1, 0.15) is 11.6 Å². The molecule has 0 spiro atoms. The smallest absolute Gasteiger partial charge is 0.180 e. The van der Waals surface area contributed by atoms with Crippen molar-refractivity contribution in [2.45, 2.75) is 19.8 Å². The third-order valence-corrected chi connectivity index (χ3v) is 3.84. The van der Waals surface area contributed by atoms with E-state index in [1.807, 2.05) is 18.2 Å². The number of nitrogens with zero attached hydrogens (tertiary/aromatic N) is 2. The quantitative estimate of drug-likeness (QED) is 0.539. The van der Waals surface area contributed by atoms with Crippen molar-refractivity contribution >= 4 is 27.9 Å². The second-order valence-corrected chi connectivity index (χ2v) is 5.50. The summed E-state index contributed by atoms with van der Waals surface area (Å²) in [5.74, 6) is 1.43. The Morgan fingerprint density at radius 1 is 1.09 bits per heavy atom. The van der Waals surface area contributed by atoms with Crippen LogP contribution in [-0.4, -0.2) is 19.9 Å². The van der Waals surface area contributed by atoms with Gasteiger partial charge in [-0.15, -0.1) is 0 Å². The molecule has 0 saturated heterocycles. The maximum atomic E-state index is 5.96. The second-order valence-electron chi connectivity index (χ2n) is 5.50. The van der Waals surface area contributed by atoms with Gasteiger partial charge in [-0.3, -0.25) is 0 Å². The molecule has 3 aromatic heterocycles. The van der Waals surface area contributed by atoms with Crippen LogP contribution >= 0.6 is 0 Å². The molecule has 22 heavy (non-hydrogen) atoms. The Kier molecular flexibility index (Phi) is 2.85. The van der Waals surface area contributed by atoms with E-state index in [-0.39, 0.29) is 0 Å². The number of pyridine rings is 1. The van der Waals surface area contributed by atoms with Crippen molar-refractivity contribution < 1.29 is 0 Å². The maximum Gasteiger partial charge on any atom is 0.180 e. The molecule has 5 heteroatoms. The number of hydrogen-bond acceptors (Lipinski definition) is 3. The lowest BCUT2D eigenvalue weighted by Gasteiger charge is -2.01. The number of hydrogen-bond donors (Lipinski definition) is 3. The van der Waals surface area contributed by atoms with Crippen LogP contribution in [0.3, 0.4) is 0 Å². The fourth-order valence-corrected chi connectivity index (χ4v) is 2.84. The van der Waals surface area contributed by atoms with Crippen LogP contribution < -0.4 is 5.73 Å². The predicted octanol–water partition coefficient (Wildman–Crippen LogP) is 3.64. The minimum absolute atomic E-state index is 0.482. The van der Waals surface area contributed by atoms with Crippen LogP contribution in [-0.2, 0) is 6.42 Å². The number of benzene rings is 1. The fourth-order valence-electron chi connectivity index (χ4n) is 2.84. The van der Waals surface area contributed by atoms with E-state index in [4.69, 9.17) is 5.73 Å². The molecule has 1 aromatic carbocycles. The highest BCUT2D eigenvalue weighted by Gasteiger charge is 2.13. The van der Waals surface area contributed by atoms with Gasteiger partial charge in [-0.25, -0.2) is 9.97 Å². The molecule has 0 aliphatic heterocycles. The standard InChI is InChI=1S/C17H17N5/c1-2-5-15-21-16-11(9-14(18)20-17(16)22-15)13-8-10-6-3-4-7-12(10)19-13/h3-4,6-9,19H,2,5H2,1H3,(H3,18,20,21,22). The summed E-state index contributed by atoms with van der Waals surface area (Å²) in [4.78, 5) is 15.7. The third kappa shape index (κ3) is 2.02. The molecular weight excluding hydrogens is 274 g/mol. The summed E-state index contributed by atoms with van der Waals surface area (Å²) in [6, 6.07) is 12.2. The Hall–Kier alpha value is -2.82. The molecule has 4 N–H and O–H groups in total. The summed E-state index contributed by atoms with van der Waals surface area (Å²) >= 11 is 0. The molecule has 0 aliphatic rings. The minimum Gasteiger partial charge on any atom is -0.384 e. The zero-order chi connectivity index (χ0) is 15.1. The molecule has 0 atom stereocenters. The summed E-state index contributed by atoms with van der Waals surface area (Å²) in [6.07, 6.45) is 1.94. The van der Waals surface area contributed by atoms with E-state index in [9.17, 15) is 0 Å². The predicted molar refractivity (Wildman–Crippen MR) is 89.6 cm³/mol. The van der Waals surface area contributed by atoms with Crippen LogP contribution in [0.4, 0.5) is 5.82 Å². The van der Waals surface area contributed by atoms with E-state index in [2.05, 4.69) is 45.1 Å². The maximum absolute atomic E-state index is 5.96. The number of aromatic amines is 2. The van der Waals surface area contributed by atoms with Gasteiger partial charge in [0.25, 0.3) is 0 Å². The van der Waals surface area contributed by atoms with Gasteiger partial charge in [-0.1, -0.05) is 25.1 Å². The fraction of sp³-hybridized carbons (Fsp3) is 0.176. The highest BCUT2D eigenvalue weighted by atomic mass is 15.0. The van der Waals surface area contributed by atoms with E-state index in [0.29, 0.717) is 11.5 Å². The first kappa shape index (κ1) is 12.9. The number of nitrogens with two attached hydrogens (primary N) is 1. The van der Waals surface area contributed by atoms with Crippen molar-refractivity contribution in [3.8, 4) is 11.3 Å². The van der Waals surface area contributed by atoms with Crippen LogP contribution in [0, 0.1) is 0 Å². The number of H-pyrrole nitrogens is 2. The van der Waals surface area contributed by atoms with E-state index < -0.39 is 0 Å². The van der Waals surface area contributed by atoms with Gasteiger partial charge in [-0.05, 0) is 24.6 Å². The Labute approximate surface area is 127 Å². The van der Waals surface area contributed by atoms with Crippen molar-refractivity contribution in [1.29, 1.82) is 0 Å². The van der Waals surface area contributed by atoms with E-state index >= 15 is 0 Å². The monoisotopic (exact) mass is 291 g/mol. The molecule has 0 unspecified atom stereocenters. The molecule has 0 bridgehead atoms. The summed E-state index contributed by atoms with van der Waals surface area (Å²) in [5.41, 5.74) is 10.7. The first-order valence-electron chi connectivity index (χ1n) is 7.48. The lowest BCUT2D eigenvalue weighted by molar-refractivity contribution is 0.860. The average Bonchev–Trinajstić information content (AvgIpc) is 3.09. The largest absolute Gasteiger partial charge is 0.384 e. The Bertz CT molecular complexity index is 931. The van der Waals surface area contributed by atoms with Gasteiger partial charge in [0, 0.05) is 28.6 Å². The number of nitrogens with one attached hydrogen (secondary N) is 2. The zero-order valence-corrected chi connectivity index (χ0v) is 12.4. The van der Waals surface area contributed by atoms with Gasteiger partial charge in [0.2, 0.25) is 0 Å². The average molecular weight is 291 g/mol. The van der Waals surface area contributed by atoms with Gasteiger partial charge >= 0.3 is 0 Å². The molecule has 0 aliphatic carbocycles. The number of fused-ring (bicyclic) bond motifs is 2. The lowest BCUT2D eigenvalue weighted by Crippen LogP contribution is -1.92. The van der Waals surface area contributed by atoms with Crippen molar-refractivity contribution in [1.82, 2.24) is 19.9 Å². The third-order valence-electron chi connectivity index (χ3n) is 3.84. The number of nitrogen functional groups attached to an aromatic ring is 1. The summed E-state index contributed by atoms with van der Waals surface area (Å²) in [6.45, 7) is 2.13. The zero-order valence-electron chi connectivity index (χ0n) is 12.4. The molecule has 4 rings (SSSR count). The molecular formula is C17H17N5. The molecule has 0 radical (unpaired) electrons. The number of aromatic nitrogens is 4. The number of anilines is 1. The Morgan fingerprint density at radius 3 is 2.77 bits per heavy atom. The van der Waals surface area contributed by atoms with Gasteiger partial charge in [-0.2, -0.15) is 0 Å². The molecule has 110 valence electrons. The van der Waals surface area contributed by atoms with Crippen LogP contribution in [0.2, 0.25) is 0 Å². The first-order chi connectivity index (χ1) is 10.7. The van der Waals surface area contributed by atoms with Crippen molar-refractivity contribution in [2.24, 2.45) is 0 Å². The van der Waals surface area contributed by atoms with E-state index in [1.54, 1.807) is 0 Å². The molecule has 3 heterocycles. The van der Waals surface area contributed by atoms with Gasteiger partial charge < -0.3 is 15.7 Å². The summed E-state index contributed by atoms with van der Waals surface area (Å²) in [5, 5.41) is 1.18. The van der Waals surface area contributed by atoms with E-state index in [1.165, 1.54) is 5.39 Å². The summed E-state index contributed by atoms with van der Waals surface area (Å²) < 4.78 is 0. The summed E-state index contributed by atoms with van der Waals surface area (Å²) in [7, 11) is 0. The van der Waals surface area contributed by atoms with Crippen LogP contribution in [0.1, 0.15) is 19.2 Å². The SMILES string of the molecule is CCCc1nc2nc(N)cc(-c3cc4ccccc4[nH]3)c2[nH]1. The highest BCUT2D eigenvalue weighted by molar-refractivity contribution is 5.95. The first-order valence-corrected chi connectivity index (χ1v) is 7.48. The van der Waals surface area contributed by atoms with E-state index in [0.717, 1.165) is 41.0 Å². The highest BCUT2D eigenvalue weighted by Crippen LogP contribution is 2.30. The molecule has 0 saturated carbocycles.